The van der Waals surface area contributed by atoms with Gasteiger partial charge in [0.1, 0.15) is 5.54 Å². The Bertz CT molecular complexity index is 480. The third-order valence-corrected chi connectivity index (χ3v) is 5.63. The van der Waals surface area contributed by atoms with Gasteiger partial charge in [0.25, 0.3) is 5.91 Å². The number of carbonyl (C=O) groups excluding carboxylic acids is 2. The van der Waals surface area contributed by atoms with Crippen molar-refractivity contribution in [2.24, 2.45) is 5.92 Å². The van der Waals surface area contributed by atoms with Crippen LogP contribution in [-0.2, 0) is 4.79 Å². The van der Waals surface area contributed by atoms with Crippen molar-refractivity contribution in [2.45, 2.75) is 44.6 Å². The average molecular weight is 305 g/mol. The van der Waals surface area contributed by atoms with Gasteiger partial charge in [-0.05, 0) is 44.9 Å². The minimum atomic E-state index is -0.566. The van der Waals surface area contributed by atoms with E-state index in [-0.39, 0.29) is 11.9 Å². The summed E-state index contributed by atoms with van der Waals surface area (Å²) in [5.41, 5.74) is -0.566. The van der Waals surface area contributed by atoms with Crippen LogP contribution in [-0.4, -0.2) is 65.4 Å². The molecule has 0 aromatic rings. The van der Waals surface area contributed by atoms with Gasteiger partial charge in [-0.15, -0.1) is 0 Å². The second kappa shape index (κ2) is 6.03. The molecule has 1 atom stereocenters. The van der Waals surface area contributed by atoms with E-state index in [1.54, 1.807) is 11.9 Å². The number of amides is 3. The fourth-order valence-electron chi connectivity index (χ4n) is 4.29. The van der Waals surface area contributed by atoms with Gasteiger partial charge in [-0.3, -0.25) is 9.69 Å². The highest BCUT2D eigenvalue weighted by Crippen LogP contribution is 2.36. The second-order valence-corrected chi connectivity index (χ2v) is 6.87. The molecule has 2 fully saturated rings. The molecule has 0 radical (unpaired) electrons. The predicted octanol–water partition coefficient (Wildman–Crippen LogP) is 2.09. The number of nitrogens with zero attached hydrogens (tertiary/aromatic N) is 3. The zero-order chi connectivity index (χ0) is 15.7. The van der Waals surface area contributed by atoms with E-state index in [2.05, 4.69) is 17.1 Å². The van der Waals surface area contributed by atoms with E-state index in [0.717, 1.165) is 38.4 Å². The van der Waals surface area contributed by atoms with Gasteiger partial charge < -0.3 is 9.80 Å². The molecule has 2 heterocycles. The summed E-state index contributed by atoms with van der Waals surface area (Å²) in [5, 5.41) is 0. The number of piperidine rings is 1. The maximum Gasteiger partial charge on any atom is 0.327 e. The maximum absolute atomic E-state index is 12.6. The number of urea groups is 1. The van der Waals surface area contributed by atoms with Gasteiger partial charge in [0.05, 0.1) is 0 Å². The highest BCUT2D eigenvalue weighted by atomic mass is 16.2. The quantitative estimate of drug-likeness (QED) is 0.592. The van der Waals surface area contributed by atoms with Crippen LogP contribution in [0, 0.1) is 5.92 Å². The first-order valence-corrected chi connectivity index (χ1v) is 8.55. The fourth-order valence-corrected chi connectivity index (χ4v) is 4.29. The average Bonchev–Trinajstić information content (AvgIpc) is 2.72. The highest BCUT2D eigenvalue weighted by molar-refractivity contribution is 6.06. The van der Waals surface area contributed by atoms with Gasteiger partial charge in [0.15, 0.2) is 0 Å². The summed E-state index contributed by atoms with van der Waals surface area (Å²) in [5.74, 6) is 0.754. The lowest BCUT2D eigenvalue weighted by atomic mass is 9.85. The normalized spacial score (nSPS) is 28.9. The summed E-state index contributed by atoms with van der Waals surface area (Å²) < 4.78 is 0. The third-order valence-electron chi connectivity index (χ3n) is 5.63. The van der Waals surface area contributed by atoms with Crippen LogP contribution in [0.2, 0.25) is 0 Å². The number of likely N-dealkylation sites (N-methyl/N-ethyl adjacent to an activating group) is 2. The molecule has 3 rings (SSSR count). The molecular weight excluding hydrogens is 278 g/mol. The van der Waals surface area contributed by atoms with Crippen LogP contribution in [0.5, 0.6) is 0 Å². The number of likely N-dealkylation sites (tertiary alicyclic amines) is 1. The molecule has 0 N–H and O–H groups in total. The van der Waals surface area contributed by atoms with Crippen molar-refractivity contribution in [1.82, 2.24) is 14.7 Å². The molecule has 122 valence electrons. The Morgan fingerprint density at radius 1 is 1.23 bits per heavy atom. The van der Waals surface area contributed by atoms with Gasteiger partial charge >= 0.3 is 6.03 Å². The Balaban J connectivity index is 1.64. The van der Waals surface area contributed by atoms with E-state index in [9.17, 15) is 9.59 Å². The van der Waals surface area contributed by atoms with Crippen molar-refractivity contribution < 1.29 is 9.59 Å². The Kier molecular flexibility index (Phi) is 4.26. The Morgan fingerprint density at radius 3 is 2.55 bits per heavy atom. The minimum Gasteiger partial charge on any atom is -0.310 e. The number of carbonyl (C=O) groups is 2. The second-order valence-electron chi connectivity index (χ2n) is 6.87. The van der Waals surface area contributed by atoms with Crippen LogP contribution in [0.25, 0.3) is 0 Å². The van der Waals surface area contributed by atoms with Gasteiger partial charge in [0.2, 0.25) is 0 Å². The molecule has 5 nitrogen and oxygen atoms in total. The lowest BCUT2D eigenvalue weighted by Gasteiger charge is -2.42. The van der Waals surface area contributed by atoms with E-state index in [1.165, 1.54) is 24.2 Å². The molecule has 5 heteroatoms. The van der Waals surface area contributed by atoms with Gasteiger partial charge in [-0.2, -0.15) is 0 Å². The van der Waals surface area contributed by atoms with Gasteiger partial charge in [-0.25, -0.2) is 4.79 Å². The van der Waals surface area contributed by atoms with Crippen LogP contribution in [0.3, 0.4) is 0 Å². The molecule has 3 amide bonds. The van der Waals surface area contributed by atoms with Crippen molar-refractivity contribution in [3.05, 3.63) is 12.2 Å². The molecule has 0 saturated carbocycles. The molecule has 0 aromatic heterocycles. The Hall–Kier alpha value is -1.36. The van der Waals surface area contributed by atoms with Crippen molar-refractivity contribution in [3.63, 3.8) is 0 Å². The van der Waals surface area contributed by atoms with E-state index in [0.29, 0.717) is 6.54 Å². The van der Waals surface area contributed by atoms with Crippen LogP contribution >= 0.6 is 0 Å². The molecule has 2 aliphatic heterocycles. The molecule has 2 saturated heterocycles. The van der Waals surface area contributed by atoms with Gasteiger partial charge in [-0.1, -0.05) is 12.2 Å². The number of hydrogen-bond donors (Lipinski definition) is 0. The van der Waals surface area contributed by atoms with E-state index in [4.69, 9.17) is 0 Å². The zero-order valence-corrected chi connectivity index (χ0v) is 13.8. The summed E-state index contributed by atoms with van der Waals surface area (Å²) in [7, 11) is 1.61. The SMILES string of the molecule is CCN1C(=O)N(C)C(=O)C12CCN(C[C@@H]1CC=CCC1)CC2. The van der Waals surface area contributed by atoms with Gasteiger partial charge in [0, 0.05) is 33.2 Å². The first-order valence-electron chi connectivity index (χ1n) is 8.55. The Morgan fingerprint density at radius 2 is 1.95 bits per heavy atom. The fraction of sp³-hybridized carbons (Fsp3) is 0.765. The summed E-state index contributed by atoms with van der Waals surface area (Å²) in [6.07, 6.45) is 9.79. The van der Waals surface area contributed by atoms with Crippen molar-refractivity contribution in [1.29, 1.82) is 0 Å². The topological polar surface area (TPSA) is 43.9 Å². The zero-order valence-electron chi connectivity index (χ0n) is 13.8. The van der Waals surface area contributed by atoms with E-state index < -0.39 is 5.54 Å². The molecular formula is C17H27N3O2. The van der Waals surface area contributed by atoms with E-state index >= 15 is 0 Å². The summed E-state index contributed by atoms with van der Waals surface area (Å²) >= 11 is 0. The lowest BCUT2D eigenvalue weighted by Crippen LogP contribution is -2.56. The minimum absolute atomic E-state index is 0.000371. The predicted molar refractivity (Wildman–Crippen MR) is 85.4 cm³/mol. The third kappa shape index (κ3) is 2.45. The molecule has 0 unspecified atom stereocenters. The summed E-state index contributed by atoms with van der Waals surface area (Å²) in [6, 6.07) is -0.127. The first-order chi connectivity index (χ1) is 10.6. The largest absolute Gasteiger partial charge is 0.327 e. The standard InChI is InChI=1S/C17H27N3O2/c1-3-20-16(22)18(2)15(21)17(20)9-11-19(12-10-17)13-14-7-5-4-6-8-14/h4-5,14H,3,6-13H2,1-2H3/t14-/m1/s1. The van der Waals surface area contributed by atoms with Crippen molar-refractivity contribution >= 4 is 11.9 Å². The number of rotatable bonds is 3. The number of hydrogen-bond acceptors (Lipinski definition) is 3. The maximum atomic E-state index is 12.6. The van der Waals surface area contributed by atoms with Crippen molar-refractivity contribution in [3.8, 4) is 0 Å². The lowest BCUT2D eigenvalue weighted by molar-refractivity contribution is -0.134. The molecule has 0 aromatic carbocycles. The van der Waals surface area contributed by atoms with Crippen molar-refractivity contribution in [2.75, 3.05) is 33.2 Å². The summed E-state index contributed by atoms with van der Waals surface area (Å²) in [4.78, 5) is 30.4. The Labute approximate surface area is 132 Å². The molecule has 0 bridgehead atoms. The summed E-state index contributed by atoms with van der Waals surface area (Å²) in [6.45, 7) is 5.55. The molecule has 1 spiro atoms. The number of allylic oxidation sites excluding steroid dienone is 2. The monoisotopic (exact) mass is 305 g/mol. The van der Waals surface area contributed by atoms with Crippen LogP contribution < -0.4 is 0 Å². The highest BCUT2D eigenvalue weighted by Gasteiger charge is 2.56. The van der Waals surface area contributed by atoms with E-state index in [1.807, 2.05) is 6.92 Å². The smallest absolute Gasteiger partial charge is 0.310 e. The van der Waals surface area contributed by atoms with Crippen LogP contribution in [0.1, 0.15) is 39.0 Å². The molecule has 22 heavy (non-hydrogen) atoms. The van der Waals surface area contributed by atoms with Crippen LogP contribution in [0.15, 0.2) is 12.2 Å². The molecule has 1 aliphatic carbocycles. The molecule has 3 aliphatic rings. The van der Waals surface area contributed by atoms with Crippen LogP contribution in [0.4, 0.5) is 4.79 Å². The first kappa shape index (κ1) is 15.5. The number of imide groups is 1.